The van der Waals surface area contributed by atoms with Crippen molar-refractivity contribution in [1.29, 1.82) is 0 Å². The van der Waals surface area contributed by atoms with Crippen molar-refractivity contribution in [3.63, 3.8) is 0 Å². The van der Waals surface area contributed by atoms with Crippen LogP contribution in [-0.2, 0) is 11.2 Å². The third-order valence-electron chi connectivity index (χ3n) is 2.96. The minimum atomic E-state index is 0.236. The van der Waals surface area contributed by atoms with Crippen LogP contribution >= 0.6 is 0 Å². The largest absolute Gasteiger partial charge is 0.312 e. The second-order valence-electron chi connectivity index (χ2n) is 4.13. The summed E-state index contributed by atoms with van der Waals surface area (Å²) in [5.41, 5.74) is 3.72. The number of aryl methyl sites for hydroxylation is 2. The molecule has 2 rings (SSSR count). The highest BCUT2D eigenvalue weighted by molar-refractivity contribution is 5.94. The maximum Gasteiger partial charge on any atom is 0.226 e. The van der Waals surface area contributed by atoms with Gasteiger partial charge in [-0.3, -0.25) is 4.79 Å². The normalized spacial score (nSPS) is 14.9. The van der Waals surface area contributed by atoms with Crippen LogP contribution in [0.25, 0.3) is 0 Å². The summed E-state index contributed by atoms with van der Waals surface area (Å²) in [6, 6.07) is 6.36. The molecule has 1 aliphatic rings. The van der Waals surface area contributed by atoms with Gasteiger partial charge in [-0.05, 0) is 31.4 Å². The fourth-order valence-corrected chi connectivity index (χ4v) is 2.18. The third-order valence-corrected chi connectivity index (χ3v) is 2.96. The van der Waals surface area contributed by atoms with Gasteiger partial charge in [-0.2, -0.15) is 0 Å². The van der Waals surface area contributed by atoms with Crippen molar-refractivity contribution < 1.29 is 4.79 Å². The van der Waals surface area contributed by atoms with Crippen LogP contribution in [0.2, 0.25) is 0 Å². The first-order chi connectivity index (χ1) is 7.22. The first kappa shape index (κ1) is 10.2. The van der Waals surface area contributed by atoms with E-state index in [0.717, 1.165) is 25.1 Å². The van der Waals surface area contributed by atoms with Crippen molar-refractivity contribution in [2.75, 3.05) is 11.4 Å². The van der Waals surface area contributed by atoms with E-state index in [1.165, 1.54) is 11.1 Å². The lowest BCUT2D eigenvalue weighted by Gasteiger charge is -2.29. The Morgan fingerprint density at radius 2 is 2.27 bits per heavy atom. The molecule has 0 radical (unpaired) electrons. The third kappa shape index (κ3) is 1.89. The van der Waals surface area contributed by atoms with Gasteiger partial charge >= 0.3 is 0 Å². The molecule has 1 aliphatic heterocycles. The van der Waals surface area contributed by atoms with E-state index in [2.05, 4.69) is 25.1 Å². The van der Waals surface area contributed by atoms with E-state index < -0.39 is 0 Å². The van der Waals surface area contributed by atoms with Crippen molar-refractivity contribution in [1.82, 2.24) is 0 Å². The molecule has 2 heteroatoms. The molecule has 0 unspecified atom stereocenters. The highest BCUT2D eigenvalue weighted by Gasteiger charge is 2.20. The topological polar surface area (TPSA) is 20.3 Å². The maximum atomic E-state index is 11.7. The molecule has 0 saturated heterocycles. The monoisotopic (exact) mass is 203 g/mol. The van der Waals surface area contributed by atoms with E-state index >= 15 is 0 Å². The van der Waals surface area contributed by atoms with E-state index in [0.29, 0.717) is 6.42 Å². The van der Waals surface area contributed by atoms with Gasteiger partial charge in [0.25, 0.3) is 0 Å². The molecule has 0 saturated carbocycles. The number of fused-ring (bicyclic) bond motifs is 1. The Morgan fingerprint density at radius 1 is 1.47 bits per heavy atom. The zero-order chi connectivity index (χ0) is 10.8. The summed E-state index contributed by atoms with van der Waals surface area (Å²) in [6.45, 7) is 4.90. The maximum absolute atomic E-state index is 11.7. The van der Waals surface area contributed by atoms with Gasteiger partial charge in [0, 0.05) is 18.7 Å². The van der Waals surface area contributed by atoms with Crippen molar-refractivity contribution in [3.8, 4) is 0 Å². The van der Waals surface area contributed by atoms with Crippen LogP contribution in [0.15, 0.2) is 18.2 Å². The predicted octanol–water partition coefficient (Wildman–Crippen LogP) is 2.68. The lowest BCUT2D eigenvalue weighted by Crippen LogP contribution is -2.34. The average molecular weight is 203 g/mol. The van der Waals surface area contributed by atoms with Crippen LogP contribution in [0, 0.1) is 6.92 Å². The lowest BCUT2D eigenvalue weighted by molar-refractivity contribution is -0.118. The smallest absolute Gasteiger partial charge is 0.226 e. The molecule has 1 heterocycles. The zero-order valence-electron chi connectivity index (χ0n) is 9.42. The molecule has 1 aromatic rings. The Kier molecular flexibility index (Phi) is 2.76. The van der Waals surface area contributed by atoms with Crippen LogP contribution in [0.3, 0.4) is 0 Å². The minimum absolute atomic E-state index is 0.236. The van der Waals surface area contributed by atoms with Gasteiger partial charge in [-0.15, -0.1) is 0 Å². The highest BCUT2D eigenvalue weighted by atomic mass is 16.2. The van der Waals surface area contributed by atoms with Crippen molar-refractivity contribution in [2.45, 2.75) is 33.1 Å². The number of hydrogen-bond acceptors (Lipinski definition) is 1. The molecule has 2 nitrogen and oxygen atoms in total. The molecule has 0 aromatic heterocycles. The second kappa shape index (κ2) is 4.05. The van der Waals surface area contributed by atoms with Crippen LogP contribution in [0.5, 0.6) is 0 Å². The molecule has 15 heavy (non-hydrogen) atoms. The number of carbonyl (C=O) groups excluding carboxylic acids is 1. The van der Waals surface area contributed by atoms with Gasteiger partial charge in [-0.25, -0.2) is 0 Å². The molecule has 1 amide bonds. The molecule has 0 bridgehead atoms. The SMILES string of the molecule is CCC(=O)N1CCCc2cc(C)ccc21. The Balaban J connectivity index is 2.38. The standard InChI is InChI=1S/C13H17NO/c1-3-13(15)14-8-4-5-11-9-10(2)6-7-12(11)14/h6-7,9H,3-5,8H2,1-2H3. The summed E-state index contributed by atoms with van der Waals surface area (Å²) in [7, 11) is 0. The predicted molar refractivity (Wildman–Crippen MR) is 62.1 cm³/mol. The zero-order valence-corrected chi connectivity index (χ0v) is 9.42. The molecular formula is C13H17NO. The number of nitrogens with zero attached hydrogens (tertiary/aromatic N) is 1. The van der Waals surface area contributed by atoms with E-state index in [1.54, 1.807) is 0 Å². The van der Waals surface area contributed by atoms with Crippen LogP contribution in [0.4, 0.5) is 5.69 Å². The van der Waals surface area contributed by atoms with Crippen molar-refractivity contribution in [2.24, 2.45) is 0 Å². The van der Waals surface area contributed by atoms with Gasteiger partial charge in [0.1, 0.15) is 0 Å². The quantitative estimate of drug-likeness (QED) is 0.687. The molecule has 0 atom stereocenters. The average Bonchev–Trinajstić information content (AvgIpc) is 2.26. The Morgan fingerprint density at radius 3 is 3.00 bits per heavy atom. The number of benzene rings is 1. The highest BCUT2D eigenvalue weighted by Crippen LogP contribution is 2.28. The van der Waals surface area contributed by atoms with Crippen molar-refractivity contribution >= 4 is 11.6 Å². The van der Waals surface area contributed by atoms with E-state index in [-0.39, 0.29) is 5.91 Å². The molecule has 0 N–H and O–H groups in total. The van der Waals surface area contributed by atoms with Crippen LogP contribution < -0.4 is 4.90 Å². The Hall–Kier alpha value is -1.31. The summed E-state index contributed by atoms with van der Waals surface area (Å²) in [4.78, 5) is 13.7. The van der Waals surface area contributed by atoms with Crippen LogP contribution in [-0.4, -0.2) is 12.5 Å². The summed E-state index contributed by atoms with van der Waals surface area (Å²) in [6.07, 6.45) is 2.78. The van der Waals surface area contributed by atoms with E-state index in [1.807, 2.05) is 11.8 Å². The van der Waals surface area contributed by atoms with Gasteiger partial charge < -0.3 is 4.90 Å². The fourth-order valence-electron chi connectivity index (χ4n) is 2.18. The van der Waals surface area contributed by atoms with Gasteiger partial charge in [0.2, 0.25) is 5.91 Å². The molecule has 0 spiro atoms. The number of anilines is 1. The fraction of sp³-hybridized carbons (Fsp3) is 0.462. The van der Waals surface area contributed by atoms with Gasteiger partial charge in [0.05, 0.1) is 0 Å². The first-order valence-corrected chi connectivity index (χ1v) is 5.62. The van der Waals surface area contributed by atoms with Crippen molar-refractivity contribution in [3.05, 3.63) is 29.3 Å². The molecular weight excluding hydrogens is 186 g/mol. The molecule has 0 fully saturated rings. The summed E-state index contributed by atoms with van der Waals surface area (Å²) in [5.74, 6) is 0.236. The lowest BCUT2D eigenvalue weighted by atomic mass is 9.99. The Labute approximate surface area is 90.9 Å². The first-order valence-electron chi connectivity index (χ1n) is 5.62. The molecule has 80 valence electrons. The minimum Gasteiger partial charge on any atom is -0.312 e. The Bertz CT molecular complexity index is 384. The van der Waals surface area contributed by atoms with E-state index in [4.69, 9.17) is 0 Å². The number of amides is 1. The summed E-state index contributed by atoms with van der Waals surface area (Å²) >= 11 is 0. The van der Waals surface area contributed by atoms with Gasteiger partial charge in [-0.1, -0.05) is 24.6 Å². The number of carbonyl (C=O) groups is 1. The molecule has 0 aliphatic carbocycles. The summed E-state index contributed by atoms with van der Waals surface area (Å²) in [5, 5.41) is 0. The molecule has 1 aromatic carbocycles. The summed E-state index contributed by atoms with van der Waals surface area (Å²) < 4.78 is 0. The van der Waals surface area contributed by atoms with E-state index in [9.17, 15) is 4.79 Å². The number of rotatable bonds is 1. The van der Waals surface area contributed by atoms with Gasteiger partial charge in [0.15, 0.2) is 0 Å². The second-order valence-corrected chi connectivity index (χ2v) is 4.13. The number of hydrogen-bond donors (Lipinski definition) is 0. The van der Waals surface area contributed by atoms with Crippen LogP contribution in [0.1, 0.15) is 30.9 Å².